The van der Waals surface area contributed by atoms with Crippen LogP contribution in [0.1, 0.15) is 29.9 Å². The molecular weight excluding hydrogens is 372 g/mol. The van der Waals surface area contributed by atoms with Gasteiger partial charge in [-0.2, -0.15) is 5.26 Å². The maximum atomic E-state index is 12.5. The van der Waals surface area contributed by atoms with E-state index in [-0.39, 0.29) is 11.6 Å². The molecular formula is C23H19ClN2O2. The Morgan fingerprint density at radius 3 is 2.64 bits per heavy atom. The van der Waals surface area contributed by atoms with E-state index in [9.17, 15) is 10.1 Å². The van der Waals surface area contributed by atoms with E-state index in [0.29, 0.717) is 16.5 Å². The van der Waals surface area contributed by atoms with Crippen molar-refractivity contribution in [2.45, 2.75) is 19.9 Å². The maximum Gasteiger partial charge on any atom is 0.262 e. The van der Waals surface area contributed by atoms with Crippen molar-refractivity contribution in [3.05, 3.63) is 88.1 Å². The first-order valence-corrected chi connectivity index (χ1v) is 9.19. The molecule has 0 spiro atoms. The lowest BCUT2D eigenvalue weighted by Crippen LogP contribution is -2.27. The van der Waals surface area contributed by atoms with Crippen LogP contribution in [0.5, 0.6) is 0 Å². The lowest BCUT2D eigenvalue weighted by Gasteiger charge is -2.13. The standard InChI is InChI=1S/C23H19ClN2O2/c1-15-8-9-19(24)13-21(15)22-11-10-20(28-22)12-18(14-25)23(27)26-16(2)17-6-4-3-5-7-17/h3-13,16H,1-2H3,(H,26,27)/b18-12-/t16-/m1/s1. The van der Waals surface area contributed by atoms with Crippen molar-refractivity contribution in [2.75, 3.05) is 0 Å². The van der Waals surface area contributed by atoms with Crippen molar-refractivity contribution in [3.63, 3.8) is 0 Å². The first-order chi connectivity index (χ1) is 13.5. The van der Waals surface area contributed by atoms with Gasteiger partial charge in [-0.1, -0.05) is 48.0 Å². The number of nitrogens with one attached hydrogen (secondary N) is 1. The molecule has 2 aromatic carbocycles. The molecule has 5 heteroatoms. The molecule has 4 nitrogen and oxygen atoms in total. The summed E-state index contributed by atoms with van der Waals surface area (Å²) in [5, 5.41) is 12.9. The molecule has 0 saturated heterocycles. The number of hydrogen-bond donors (Lipinski definition) is 1. The second-order valence-corrected chi connectivity index (χ2v) is 6.87. The predicted molar refractivity (Wildman–Crippen MR) is 110 cm³/mol. The number of rotatable bonds is 5. The molecule has 3 aromatic rings. The molecule has 1 atom stereocenters. The highest BCUT2D eigenvalue weighted by Gasteiger charge is 2.15. The fourth-order valence-electron chi connectivity index (χ4n) is 2.83. The van der Waals surface area contributed by atoms with Gasteiger partial charge in [-0.3, -0.25) is 4.79 Å². The molecule has 0 aliphatic carbocycles. The van der Waals surface area contributed by atoms with Crippen molar-refractivity contribution in [2.24, 2.45) is 0 Å². The first-order valence-electron chi connectivity index (χ1n) is 8.82. The summed E-state index contributed by atoms with van der Waals surface area (Å²) in [4.78, 5) is 12.5. The monoisotopic (exact) mass is 390 g/mol. The molecule has 1 amide bonds. The summed E-state index contributed by atoms with van der Waals surface area (Å²) < 4.78 is 5.81. The van der Waals surface area contributed by atoms with E-state index in [1.165, 1.54) is 6.08 Å². The summed E-state index contributed by atoms with van der Waals surface area (Å²) in [6.07, 6.45) is 1.44. The number of aryl methyl sites for hydroxylation is 1. The Morgan fingerprint density at radius 2 is 1.93 bits per heavy atom. The molecule has 0 radical (unpaired) electrons. The van der Waals surface area contributed by atoms with Crippen molar-refractivity contribution in [1.82, 2.24) is 5.32 Å². The van der Waals surface area contributed by atoms with Crippen LogP contribution in [0.25, 0.3) is 17.4 Å². The highest BCUT2D eigenvalue weighted by molar-refractivity contribution is 6.30. The van der Waals surface area contributed by atoms with E-state index in [1.54, 1.807) is 12.1 Å². The molecule has 0 fully saturated rings. The minimum atomic E-state index is -0.448. The van der Waals surface area contributed by atoms with Crippen LogP contribution in [0.3, 0.4) is 0 Å². The SMILES string of the molecule is Cc1ccc(Cl)cc1-c1ccc(/C=C(/C#N)C(=O)N[C@H](C)c2ccccc2)o1. The van der Waals surface area contributed by atoms with Gasteiger partial charge in [0.2, 0.25) is 0 Å². The molecule has 0 unspecified atom stereocenters. The van der Waals surface area contributed by atoms with Gasteiger partial charge in [0.15, 0.2) is 0 Å². The third-order valence-corrected chi connectivity index (χ3v) is 4.63. The van der Waals surface area contributed by atoms with E-state index in [1.807, 2.05) is 68.4 Å². The van der Waals surface area contributed by atoms with Crippen LogP contribution in [0, 0.1) is 18.3 Å². The van der Waals surface area contributed by atoms with Crippen molar-refractivity contribution in [1.29, 1.82) is 5.26 Å². The van der Waals surface area contributed by atoms with Crippen molar-refractivity contribution in [3.8, 4) is 17.4 Å². The minimum absolute atomic E-state index is 0.0218. The molecule has 1 aromatic heterocycles. The second-order valence-electron chi connectivity index (χ2n) is 6.44. The van der Waals surface area contributed by atoms with E-state index >= 15 is 0 Å². The Kier molecular flexibility index (Phi) is 5.98. The van der Waals surface area contributed by atoms with Gasteiger partial charge in [0.1, 0.15) is 23.2 Å². The summed E-state index contributed by atoms with van der Waals surface area (Å²) >= 11 is 6.07. The topological polar surface area (TPSA) is 66.0 Å². The number of nitriles is 1. The molecule has 0 bridgehead atoms. The zero-order chi connectivity index (χ0) is 20.1. The van der Waals surface area contributed by atoms with E-state index in [4.69, 9.17) is 16.0 Å². The van der Waals surface area contributed by atoms with Gasteiger partial charge in [-0.25, -0.2) is 0 Å². The average molecular weight is 391 g/mol. The number of carbonyl (C=O) groups is 1. The summed E-state index contributed by atoms with van der Waals surface area (Å²) in [6, 6.07) is 20.4. The lowest BCUT2D eigenvalue weighted by molar-refractivity contribution is -0.117. The van der Waals surface area contributed by atoms with Crippen LogP contribution in [0.4, 0.5) is 0 Å². The van der Waals surface area contributed by atoms with Crippen LogP contribution in [0.15, 0.2) is 70.7 Å². The van der Waals surface area contributed by atoms with Gasteiger partial charge in [0.25, 0.3) is 5.91 Å². The largest absolute Gasteiger partial charge is 0.457 e. The zero-order valence-electron chi connectivity index (χ0n) is 15.6. The smallest absolute Gasteiger partial charge is 0.262 e. The van der Waals surface area contributed by atoms with Gasteiger partial charge < -0.3 is 9.73 Å². The van der Waals surface area contributed by atoms with E-state index in [0.717, 1.165) is 16.7 Å². The number of furan rings is 1. The van der Waals surface area contributed by atoms with Crippen LogP contribution in [-0.4, -0.2) is 5.91 Å². The Hall–Kier alpha value is -3.29. The number of hydrogen-bond acceptors (Lipinski definition) is 3. The molecule has 140 valence electrons. The van der Waals surface area contributed by atoms with Crippen LogP contribution in [-0.2, 0) is 4.79 Å². The molecule has 3 rings (SSSR count). The number of nitrogens with zero attached hydrogens (tertiary/aromatic N) is 1. The molecule has 0 saturated carbocycles. The molecule has 1 N–H and O–H groups in total. The first kappa shape index (κ1) is 19.5. The van der Waals surface area contributed by atoms with Crippen molar-refractivity contribution >= 4 is 23.6 Å². The van der Waals surface area contributed by atoms with Crippen molar-refractivity contribution < 1.29 is 9.21 Å². The lowest BCUT2D eigenvalue weighted by atomic mass is 10.1. The van der Waals surface area contributed by atoms with Gasteiger partial charge in [0.05, 0.1) is 6.04 Å². The van der Waals surface area contributed by atoms with E-state index in [2.05, 4.69) is 5.32 Å². The fraction of sp³-hybridized carbons (Fsp3) is 0.130. The van der Waals surface area contributed by atoms with Gasteiger partial charge >= 0.3 is 0 Å². The third-order valence-electron chi connectivity index (χ3n) is 4.39. The number of halogens is 1. The highest BCUT2D eigenvalue weighted by atomic mass is 35.5. The van der Waals surface area contributed by atoms with E-state index < -0.39 is 5.91 Å². The Bertz CT molecular complexity index is 1060. The second kappa shape index (κ2) is 8.60. The molecule has 0 aliphatic rings. The summed E-state index contributed by atoms with van der Waals surface area (Å²) in [6.45, 7) is 3.83. The quantitative estimate of drug-likeness (QED) is 0.449. The average Bonchev–Trinajstić information content (AvgIpc) is 3.17. The summed E-state index contributed by atoms with van der Waals surface area (Å²) in [5.41, 5.74) is 2.83. The van der Waals surface area contributed by atoms with Gasteiger partial charge in [-0.05, 0) is 49.2 Å². The van der Waals surface area contributed by atoms with Gasteiger partial charge in [-0.15, -0.1) is 0 Å². The predicted octanol–water partition coefficient (Wildman–Crippen LogP) is 5.69. The maximum absolute atomic E-state index is 12.5. The molecule has 1 heterocycles. The zero-order valence-corrected chi connectivity index (χ0v) is 16.3. The molecule has 28 heavy (non-hydrogen) atoms. The fourth-order valence-corrected chi connectivity index (χ4v) is 3.00. The summed E-state index contributed by atoms with van der Waals surface area (Å²) in [5.74, 6) is 0.603. The summed E-state index contributed by atoms with van der Waals surface area (Å²) in [7, 11) is 0. The number of benzene rings is 2. The normalized spacial score (nSPS) is 12.3. The minimum Gasteiger partial charge on any atom is -0.457 e. The third kappa shape index (κ3) is 4.51. The van der Waals surface area contributed by atoms with Crippen LogP contribution in [0.2, 0.25) is 5.02 Å². The van der Waals surface area contributed by atoms with Crippen LogP contribution >= 0.6 is 11.6 Å². The highest BCUT2D eigenvalue weighted by Crippen LogP contribution is 2.29. The Labute approximate surface area is 169 Å². The van der Waals surface area contributed by atoms with Crippen LogP contribution < -0.4 is 5.32 Å². The van der Waals surface area contributed by atoms with Gasteiger partial charge in [0, 0.05) is 16.7 Å². The number of carbonyl (C=O) groups excluding carboxylic acids is 1. The Balaban J connectivity index is 1.79. The number of amides is 1. The molecule has 0 aliphatic heterocycles. The Morgan fingerprint density at radius 1 is 1.18 bits per heavy atom.